The van der Waals surface area contributed by atoms with E-state index in [1.807, 2.05) is 24.5 Å². The number of hydrogen-bond donors (Lipinski definition) is 0. The number of amidine groups is 1. The largest absolute Gasteiger partial charge is 0.331 e. The Labute approximate surface area is 324 Å². The van der Waals surface area contributed by atoms with Gasteiger partial charge in [0.05, 0.1) is 29.5 Å². The molecule has 0 aliphatic carbocycles. The summed E-state index contributed by atoms with van der Waals surface area (Å²) in [6.45, 7) is 0.878. The summed E-state index contributed by atoms with van der Waals surface area (Å²) in [7, 11) is 0. The highest BCUT2D eigenvalue weighted by Gasteiger charge is 2.25. The van der Waals surface area contributed by atoms with Gasteiger partial charge in [0.15, 0.2) is 0 Å². The molecular weight excluding hydrogens is 683 g/mol. The van der Waals surface area contributed by atoms with Gasteiger partial charge in [-0.2, -0.15) is 0 Å². The first-order chi connectivity index (χ1) is 27.7. The lowest BCUT2D eigenvalue weighted by atomic mass is 9.94. The Morgan fingerprint density at radius 3 is 2.07 bits per heavy atom. The van der Waals surface area contributed by atoms with Crippen LogP contribution in [0.4, 0.5) is 0 Å². The molecule has 1 atom stereocenters. The summed E-state index contributed by atoms with van der Waals surface area (Å²) < 4.78 is 2.35. The van der Waals surface area contributed by atoms with E-state index >= 15 is 0 Å². The molecule has 2 aliphatic heterocycles. The van der Waals surface area contributed by atoms with E-state index in [0.29, 0.717) is 0 Å². The van der Waals surface area contributed by atoms with Gasteiger partial charge in [0.25, 0.3) is 0 Å². The number of nitrogens with zero attached hydrogens (tertiary/aromatic N) is 5. The molecule has 0 radical (unpaired) electrons. The lowest BCUT2D eigenvalue weighted by molar-refractivity contribution is 0.550. The van der Waals surface area contributed by atoms with Crippen LogP contribution in [0.3, 0.4) is 0 Å². The Kier molecular flexibility index (Phi) is 7.56. The molecule has 9 aromatic rings. The van der Waals surface area contributed by atoms with Crippen LogP contribution >= 0.6 is 0 Å². The topological polar surface area (TPSA) is 46.3 Å². The number of aromatic nitrogens is 3. The fraction of sp³-hybridized carbons (Fsp3) is 0.0392. The number of hydrogen-bond acceptors (Lipinski definition) is 4. The number of aliphatic imine (C=N–C) groups is 1. The first-order valence-corrected chi connectivity index (χ1v) is 19.1. The van der Waals surface area contributed by atoms with Gasteiger partial charge in [-0.05, 0) is 104 Å². The van der Waals surface area contributed by atoms with Gasteiger partial charge in [0.2, 0.25) is 0 Å². The van der Waals surface area contributed by atoms with Gasteiger partial charge in [-0.1, -0.05) is 121 Å². The lowest BCUT2D eigenvalue weighted by Crippen LogP contribution is -2.21. The lowest BCUT2D eigenvalue weighted by Gasteiger charge is -2.16. The molecule has 6 aromatic carbocycles. The van der Waals surface area contributed by atoms with Crippen LogP contribution < -0.4 is 0 Å². The smallest absolute Gasteiger partial charge is 0.138 e. The van der Waals surface area contributed by atoms with E-state index in [9.17, 15) is 0 Å². The molecule has 0 spiro atoms. The van der Waals surface area contributed by atoms with Crippen LogP contribution in [-0.2, 0) is 0 Å². The van der Waals surface area contributed by atoms with E-state index in [-0.39, 0.29) is 6.04 Å². The zero-order valence-electron chi connectivity index (χ0n) is 30.5. The quantitative estimate of drug-likeness (QED) is 0.161. The minimum absolute atomic E-state index is 0.144. The van der Waals surface area contributed by atoms with Gasteiger partial charge in [-0.25, -0.2) is 4.98 Å². The molecule has 11 rings (SSSR count). The molecule has 5 heteroatoms. The zero-order valence-corrected chi connectivity index (χ0v) is 30.5. The van der Waals surface area contributed by atoms with Crippen LogP contribution in [0.15, 0.2) is 200 Å². The Bertz CT molecular complexity index is 3030. The average Bonchev–Trinajstić information content (AvgIpc) is 3.86. The van der Waals surface area contributed by atoms with Crippen molar-refractivity contribution >= 4 is 38.3 Å². The normalized spacial score (nSPS) is 14.8. The summed E-state index contributed by atoms with van der Waals surface area (Å²) >= 11 is 0. The molecule has 5 heterocycles. The van der Waals surface area contributed by atoms with Crippen LogP contribution in [0.25, 0.3) is 83.0 Å². The molecular formula is C51H35N5. The zero-order chi connectivity index (χ0) is 37.0. The standard InChI is InChI=1S/C51H35N5/c1-3-10-37(11-4-1)50-44-32-43-41(31-47(44)56(51(50)38-12-5-2-6-13-38)49-16-9-14-45(53-49)36-25-27-52-28-26-36)22-21-40-30-39(23-24-42(40)43)34-17-19-35(20-18-34)46-33-55-29-8-7-15-48(55)54-46/h1-32,46H,33H2. The van der Waals surface area contributed by atoms with Crippen molar-refractivity contribution in [2.45, 2.75) is 6.04 Å². The Balaban J connectivity index is 1.08. The molecule has 0 bridgehead atoms. The van der Waals surface area contributed by atoms with Crippen LogP contribution in [-0.4, -0.2) is 31.8 Å². The molecule has 1 unspecified atom stereocenters. The molecule has 0 N–H and O–H groups in total. The minimum Gasteiger partial charge on any atom is -0.331 e. The van der Waals surface area contributed by atoms with E-state index in [2.05, 4.69) is 184 Å². The summed E-state index contributed by atoms with van der Waals surface area (Å²) in [4.78, 5) is 16.7. The van der Waals surface area contributed by atoms with Crippen LogP contribution in [0, 0.1) is 0 Å². The van der Waals surface area contributed by atoms with Crippen LogP contribution in [0.2, 0.25) is 0 Å². The second kappa shape index (κ2) is 13.2. The van der Waals surface area contributed by atoms with Crippen LogP contribution in [0.1, 0.15) is 11.6 Å². The highest BCUT2D eigenvalue weighted by atomic mass is 15.2. The number of fused-ring (bicyclic) bond motifs is 5. The van der Waals surface area contributed by atoms with Gasteiger partial charge in [0, 0.05) is 35.1 Å². The van der Waals surface area contributed by atoms with Crippen molar-refractivity contribution in [1.82, 2.24) is 19.4 Å². The molecule has 5 nitrogen and oxygen atoms in total. The number of rotatable bonds is 6. The van der Waals surface area contributed by atoms with Crippen LogP contribution in [0.5, 0.6) is 0 Å². The summed E-state index contributed by atoms with van der Waals surface area (Å²) in [5.74, 6) is 1.90. The van der Waals surface area contributed by atoms with E-state index < -0.39 is 0 Å². The molecule has 0 saturated carbocycles. The Hall–Kier alpha value is -7.37. The summed E-state index contributed by atoms with van der Waals surface area (Å²) in [5, 5.41) is 6.04. The second-order valence-electron chi connectivity index (χ2n) is 14.5. The fourth-order valence-electron chi connectivity index (χ4n) is 8.46. The van der Waals surface area contributed by atoms with Gasteiger partial charge < -0.3 is 4.90 Å². The first-order valence-electron chi connectivity index (χ1n) is 19.1. The Morgan fingerprint density at radius 1 is 0.536 bits per heavy atom. The second-order valence-corrected chi connectivity index (χ2v) is 14.5. The predicted octanol–water partition coefficient (Wildman–Crippen LogP) is 12.2. The summed E-state index contributed by atoms with van der Waals surface area (Å²) in [6, 6.07) is 57.0. The third kappa shape index (κ3) is 5.44. The van der Waals surface area contributed by atoms with Crippen molar-refractivity contribution in [3.05, 3.63) is 200 Å². The van der Waals surface area contributed by atoms with E-state index in [4.69, 9.17) is 9.98 Å². The third-order valence-electron chi connectivity index (χ3n) is 11.2. The molecule has 0 saturated heterocycles. The Morgan fingerprint density at radius 2 is 1.29 bits per heavy atom. The highest BCUT2D eigenvalue weighted by molar-refractivity contribution is 6.17. The maximum atomic E-state index is 5.29. The van der Waals surface area contributed by atoms with Crippen molar-refractivity contribution in [3.63, 3.8) is 0 Å². The van der Waals surface area contributed by atoms with E-state index in [0.717, 1.165) is 46.2 Å². The summed E-state index contributed by atoms with van der Waals surface area (Å²) in [5.41, 5.74) is 11.3. The van der Waals surface area contributed by atoms with Crippen molar-refractivity contribution in [2.24, 2.45) is 4.99 Å². The van der Waals surface area contributed by atoms with Gasteiger partial charge in [-0.3, -0.25) is 14.5 Å². The van der Waals surface area contributed by atoms with Crippen molar-refractivity contribution in [2.75, 3.05) is 6.54 Å². The molecule has 56 heavy (non-hydrogen) atoms. The molecule has 3 aromatic heterocycles. The highest BCUT2D eigenvalue weighted by Crippen LogP contribution is 2.45. The fourth-order valence-corrected chi connectivity index (χ4v) is 8.46. The van der Waals surface area contributed by atoms with Crippen molar-refractivity contribution in [3.8, 4) is 50.6 Å². The minimum atomic E-state index is 0.144. The first kappa shape index (κ1) is 32.1. The SMILES string of the molecule is C1=CC2=NC(c3ccc(-c4ccc5c(ccc6cc7c(cc65)c(-c5ccccc5)c(-c5ccccc5)n7-c5cccc(-c6ccncc6)n5)c4)cc3)CN2C=C1. The third-order valence-corrected chi connectivity index (χ3v) is 11.2. The molecule has 264 valence electrons. The monoisotopic (exact) mass is 717 g/mol. The number of pyridine rings is 2. The van der Waals surface area contributed by atoms with E-state index in [1.54, 1.807) is 0 Å². The number of benzene rings is 6. The maximum absolute atomic E-state index is 5.29. The average molecular weight is 718 g/mol. The van der Waals surface area contributed by atoms with Crippen molar-refractivity contribution in [1.29, 1.82) is 0 Å². The molecule has 0 amide bonds. The van der Waals surface area contributed by atoms with Crippen molar-refractivity contribution < 1.29 is 0 Å². The number of allylic oxidation sites excluding steroid dienone is 2. The van der Waals surface area contributed by atoms with Gasteiger partial charge >= 0.3 is 0 Å². The van der Waals surface area contributed by atoms with Gasteiger partial charge in [0.1, 0.15) is 11.7 Å². The summed E-state index contributed by atoms with van der Waals surface area (Å²) in [6.07, 6.45) is 11.9. The van der Waals surface area contributed by atoms with E-state index in [1.165, 1.54) is 54.7 Å². The predicted molar refractivity (Wildman–Crippen MR) is 231 cm³/mol. The maximum Gasteiger partial charge on any atom is 0.138 e. The van der Waals surface area contributed by atoms with Gasteiger partial charge in [-0.15, -0.1) is 0 Å². The molecule has 2 aliphatic rings. The molecule has 0 fully saturated rings.